The quantitative estimate of drug-likeness (QED) is 0.494. The standard InChI is InChI=1S/C24H22F3N5O3/c1-13(2)20-21(28)29-12-30-22(20)35-17-7-8-18(14(3)9-17)32-19(33)11-31(23(32)34)16-6-4-5-15(10-16)24(25,26)27/h4-10,12-13H,11H2,1-3H3,(H2,28,29,30). The molecule has 0 saturated carbocycles. The first-order chi connectivity index (χ1) is 16.5. The van der Waals surface area contributed by atoms with Crippen molar-refractivity contribution in [3.05, 3.63) is 65.5 Å². The summed E-state index contributed by atoms with van der Waals surface area (Å²) in [6.45, 7) is 5.16. The molecule has 2 N–H and O–H groups in total. The number of alkyl halides is 3. The molecule has 0 aliphatic carbocycles. The monoisotopic (exact) mass is 485 g/mol. The SMILES string of the molecule is Cc1cc(Oc2ncnc(N)c2C(C)C)ccc1N1C(=O)CN(c2cccc(C(F)(F)F)c2)C1=O. The van der Waals surface area contributed by atoms with Crippen molar-refractivity contribution in [2.75, 3.05) is 22.1 Å². The third-order valence-electron chi connectivity index (χ3n) is 5.53. The number of aryl methyl sites for hydroxylation is 1. The largest absolute Gasteiger partial charge is 0.439 e. The number of carbonyl (C=O) groups excluding carboxylic acids is 2. The summed E-state index contributed by atoms with van der Waals surface area (Å²) < 4.78 is 45.2. The summed E-state index contributed by atoms with van der Waals surface area (Å²) in [6.07, 6.45) is -3.28. The Morgan fingerprint density at radius 2 is 1.83 bits per heavy atom. The highest BCUT2D eigenvalue weighted by Gasteiger charge is 2.40. The second-order valence-corrected chi connectivity index (χ2v) is 8.33. The average molecular weight is 485 g/mol. The minimum Gasteiger partial charge on any atom is -0.439 e. The van der Waals surface area contributed by atoms with E-state index in [1.54, 1.807) is 19.1 Å². The van der Waals surface area contributed by atoms with E-state index in [1.807, 2.05) is 13.8 Å². The average Bonchev–Trinajstić information content (AvgIpc) is 3.07. The number of urea groups is 1. The van der Waals surface area contributed by atoms with Gasteiger partial charge in [-0.1, -0.05) is 19.9 Å². The van der Waals surface area contributed by atoms with Crippen molar-refractivity contribution in [2.45, 2.75) is 32.9 Å². The van der Waals surface area contributed by atoms with Crippen LogP contribution >= 0.6 is 0 Å². The molecule has 1 aliphatic rings. The van der Waals surface area contributed by atoms with E-state index in [-0.39, 0.29) is 18.2 Å². The summed E-state index contributed by atoms with van der Waals surface area (Å²) in [5.41, 5.74) is 6.53. The third kappa shape index (κ3) is 4.61. The number of rotatable bonds is 5. The smallest absolute Gasteiger partial charge is 0.416 e. The maximum Gasteiger partial charge on any atom is 0.416 e. The molecule has 0 atom stereocenters. The van der Waals surface area contributed by atoms with E-state index < -0.39 is 23.7 Å². The number of nitrogens with zero attached hydrogens (tertiary/aromatic N) is 4. The summed E-state index contributed by atoms with van der Waals surface area (Å²) in [4.78, 5) is 35.9. The van der Waals surface area contributed by atoms with Crippen LogP contribution in [-0.4, -0.2) is 28.5 Å². The number of nitrogens with two attached hydrogens (primary N) is 1. The Bertz CT molecular complexity index is 1310. The van der Waals surface area contributed by atoms with Gasteiger partial charge in [0.1, 0.15) is 24.4 Å². The van der Waals surface area contributed by atoms with Crippen molar-refractivity contribution in [3.8, 4) is 11.6 Å². The zero-order valence-electron chi connectivity index (χ0n) is 19.1. The van der Waals surface area contributed by atoms with Gasteiger partial charge in [0.05, 0.1) is 16.8 Å². The molecule has 1 aromatic heterocycles. The van der Waals surface area contributed by atoms with Crippen LogP contribution in [-0.2, 0) is 11.0 Å². The van der Waals surface area contributed by atoms with Crippen LogP contribution in [0.4, 0.5) is 35.2 Å². The summed E-state index contributed by atoms with van der Waals surface area (Å²) in [5.74, 6) is 0.452. The van der Waals surface area contributed by atoms with Crippen molar-refractivity contribution in [3.63, 3.8) is 0 Å². The number of imide groups is 1. The number of aromatic nitrogens is 2. The normalized spacial score (nSPS) is 14.3. The van der Waals surface area contributed by atoms with E-state index in [1.165, 1.54) is 24.5 Å². The molecule has 8 nitrogen and oxygen atoms in total. The fraction of sp³-hybridized carbons (Fsp3) is 0.250. The number of anilines is 3. The highest BCUT2D eigenvalue weighted by atomic mass is 19.4. The molecular weight excluding hydrogens is 463 g/mol. The summed E-state index contributed by atoms with van der Waals surface area (Å²) in [6, 6.07) is 8.30. The lowest BCUT2D eigenvalue weighted by Crippen LogP contribution is -2.33. The molecule has 1 aliphatic heterocycles. The van der Waals surface area contributed by atoms with Crippen LogP contribution in [0.5, 0.6) is 11.6 Å². The van der Waals surface area contributed by atoms with Gasteiger partial charge < -0.3 is 10.5 Å². The van der Waals surface area contributed by atoms with Crippen LogP contribution in [0.25, 0.3) is 0 Å². The van der Waals surface area contributed by atoms with Gasteiger partial charge in [-0.05, 0) is 54.8 Å². The van der Waals surface area contributed by atoms with E-state index in [0.717, 1.165) is 21.9 Å². The molecule has 11 heteroatoms. The Morgan fingerprint density at radius 1 is 1.09 bits per heavy atom. The lowest BCUT2D eigenvalue weighted by atomic mass is 10.1. The number of nitrogen functional groups attached to an aromatic ring is 1. The van der Waals surface area contributed by atoms with Crippen LogP contribution in [0.2, 0.25) is 0 Å². The van der Waals surface area contributed by atoms with E-state index in [2.05, 4.69) is 9.97 Å². The maximum absolute atomic E-state index is 13.1. The third-order valence-corrected chi connectivity index (χ3v) is 5.53. The van der Waals surface area contributed by atoms with Gasteiger partial charge in [0.2, 0.25) is 5.88 Å². The molecular formula is C24H22F3N5O3. The van der Waals surface area contributed by atoms with Gasteiger partial charge in [-0.25, -0.2) is 19.7 Å². The predicted molar refractivity (Wildman–Crippen MR) is 123 cm³/mol. The number of halogens is 3. The van der Waals surface area contributed by atoms with Crippen molar-refractivity contribution in [1.29, 1.82) is 0 Å². The van der Waals surface area contributed by atoms with Crippen molar-refractivity contribution < 1.29 is 27.5 Å². The molecule has 0 bridgehead atoms. The topological polar surface area (TPSA) is 102 Å². The summed E-state index contributed by atoms with van der Waals surface area (Å²) >= 11 is 0. The molecule has 0 spiro atoms. The van der Waals surface area contributed by atoms with Crippen LogP contribution < -0.4 is 20.3 Å². The molecule has 35 heavy (non-hydrogen) atoms. The van der Waals surface area contributed by atoms with Gasteiger partial charge >= 0.3 is 12.2 Å². The number of carbonyl (C=O) groups is 2. The second-order valence-electron chi connectivity index (χ2n) is 8.33. The van der Waals surface area contributed by atoms with Gasteiger partial charge in [-0.3, -0.25) is 9.69 Å². The van der Waals surface area contributed by atoms with Crippen LogP contribution in [0.1, 0.15) is 36.5 Å². The zero-order valence-corrected chi connectivity index (χ0v) is 19.1. The molecule has 0 radical (unpaired) electrons. The second kappa shape index (κ2) is 8.90. The van der Waals surface area contributed by atoms with E-state index >= 15 is 0 Å². The first-order valence-electron chi connectivity index (χ1n) is 10.7. The number of hydrogen-bond acceptors (Lipinski definition) is 6. The van der Waals surface area contributed by atoms with E-state index in [0.29, 0.717) is 34.3 Å². The highest BCUT2D eigenvalue weighted by Crippen LogP contribution is 2.36. The molecule has 182 valence electrons. The van der Waals surface area contributed by atoms with E-state index in [4.69, 9.17) is 10.5 Å². The highest BCUT2D eigenvalue weighted by molar-refractivity contribution is 6.27. The molecule has 1 fully saturated rings. The fourth-order valence-corrected chi connectivity index (χ4v) is 3.86. The zero-order chi connectivity index (χ0) is 25.5. The Labute approximate surface area is 199 Å². The Balaban J connectivity index is 1.61. The lowest BCUT2D eigenvalue weighted by molar-refractivity contribution is -0.137. The van der Waals surface area contributed by atoms with Crippen LogP contribution in [0.15, 0.2) is 48.8 Å². The fourth-order valence-electron chi connectivity index (χ4n) is 3.86. The number of benzene rings is 2. The van der Waals surface area contributed by atoms with Crippen LogP contribution in [0, 0.1) is 6.92 Å². The van der Waals surface area contributed by atoms with Gasteiger partial charge in [0.25, 0.3) is 5.91 Å². The first-order valence-corrected chi connectivity index (χ1v) is 10.7. The Morgan fingerprint density at radius 3 is 2.49 bits per heavy atom. The molecule has 0 unspecified atom stereocenters. The van der Waals surface area contributed by atoms with Crippen molar-refractivity contribution in [1.82, 2.24) is 9.97 Å². The van der Waals surface area contributed by atoms with Gasteiger partial charge in [0, 0.05) is 5.69 Å². The van der Waals surface area contributed by atoms with Crippen LogP contribution in [0.3, 0.4) is 0 Å². The van der Waals surface area contributed by atoms with Crippen molar-refractivity contribution >= 4 is 29.1 Å². The van der Waals surface area contributed by atoms with Gasteiger partial charge in [-0.2, -0.15) is 13.2 Å². The molecule has 2 aromatic carbocycles. The molecule has 1 saturated heterocycles. The summed E-state index contributed by atoms with van der Waals surface area (Å²) in [5, 5.41) is 0. The number of hydrogen-bond donors (Lipinski definition) is 1. The minimum atomic E-state index is -4.57. The van der Waals surface area contributed by atoms with Crippen molar-refractivity contribution in [2.24, 2.45) is 0 Å². The predicted octanol–water partition coefficient (Wildman–Crippen LogP) is 5.27. The summed E-state index contributed by atoms with van der Waals surface area (Å²) in [7, 11) is 0. The molecule has 3 amide bonds. The minimum absolute atomic E-state index is 0.00763. The first kappa shape index (κ1) is 24.0. The Hall–Kier alpha value is -4.15. The molecule has 3 aromatic rings. The lowest BCUT2D eigenvalue weighted by Gasteiger charge is -2.20. The maximum atomic E-state index is 13.1. The van der Waals surface area contributed by atoms with Gasteiger partial charge in [0.15, 0.2) is 0 Å². The number of ether oxygens (including phenoxy) is 1. The molecule has 2 heterocycles. The Kier molecular flexibility index (Phi) is 6.10. The van der Waals surface area contributed by atoms with E-state index in [9.17, 15) is 22.8 Å². The van der Waals surface area contributed by atoms with Gasteiger partial charge in [-0.15, -0.1) is 0 Å². The number of amides is 3. The molecule has 4 rings (SSSR count).